The average molecular weight is 295 g/mol. The number of thiol groups is 1. The Bertz CT molecular complexity index is 809. The fourth-order valence-electron chi connectivity index (χ4n) is 3.10. The zero-order valence-corrected chi connectivity index (χ0v) is 12.7. The van der Waals surface area contributed by atoms with Crippen LogP contribution in [-0.4, -0.2) is 10.1 Å². The highest BCUT2D eigenvalue weighted by atomic mass is 32.1. The second-order valence-electron chi connectivity index (χ2n) is 5.45. The quantitative estimate of drug-likeness (QED) is 0.701. The molecule has 0 saturated carbocycles. The molecule has 1 aromatic heterocycles. The van der Waals surface area contributed by atoms with Gasteiger partial charge in [0.1, 0.15) is 5.50 Å². The SMILES string of the molecule is Cn1cc(CN2c3ccccc3NC2S)c2ccccc21. The van der Waals surface area contributed by atoms with E-state index in [4.69, 9.17) is 0 Å². The van der Waals surface area contributed by atoms with Crippen LogP contribution in [0.4, 0.5) is 11.4 Å². The molecule has 1 aliphatic heterocycles. The van der Waals surface area contributed by atoms with Crippen molar-refractivity contribution in [3.05, 3.63) is 60.3 Å². The molecule has 3 aromatic rings. The van der Waals surface area contributed by atoms with Crippen LogP contribution in [0.2, 0.25) is 0 Å². The fraction of sp³-hybridized carbons (Fsp3) is 0.176. The predicted molar refractivity (Wildman–Crippen MR) is 91.9 cm³/mol. The van der Waals surface area contributed by atoms with Crippen molar-refractivity contribution in [3.63, 3.8) is 0 Å². The molecule has 0 spiro atoms. The van der Waals surface area contributed by atoms with Crippen LogP contribution < -0.4 is 10.2 Å². The summed E-state index contributed by atoms with van der Waals surface area (Å²) in [6.45, 7) is 0.847. The lowest BCUT2D eigenvalue weighted by Gasteiger charge is -2.22. The molecule has 0 amide bonds. The third kappa shape index (κ3) is 1.98. The molecule has 0 radical (unpaired) electrons. The number of rotatable bonds is 2. The Morgan fingerprint density at radius 2 is 1.86 bits per heavy atom. The first-order valence-corrected chi connectivity index (χ1v) is 7.59. The standard InChI is InChI=1S/C17H17N3S/c1-19-10-12(13-6-2-4-8-15(13)19)11-20-16-9-5-3-7-14(16)18-17(20)21/h2-10,17-18,21H,11H2,1H3. The van der Waals surface area contributed by atoms with Gasteiger partial charge in [-0.25, -0.2) is 0 Å². The van der Waals surface area contributed by atoms with Gasteiger partial charge in [0.25, 0.3) is 0 Å². The van der Waals surface area contributed by atoms with Crippen molar-refractivity contribution in [2.45, 2.75) is 12.0 Å². The van der Waals surface area contributed by atoms with Crippen molar-refractivity contribution < 1.29 is 0 Å². The summed E-state index contributed by atoms with van der Waals surface area (Å²) < 4.78 is 2.19. The van der Waals surface area contributed by atoms with Gasteiger partial charge < -0.3 is 14.8 Å². The Hall–Kier alpha value is -2.07. The van der Waals surface area contributed by atoms with Crippen molar-refractivity contribution in [3.8, 4) is 0 Å². The van der Waals surface area contributed by atoms with Crippen molar-refractivity contribution >= 4 is 34.9 Å². The number of aryl methyl sites for hydroxylation is 1. The van der Waals surface area contributed by atoms with Crippen LogP contribution in [0, 0.1) is 0 Å². The molecule has 1 aliphatic rings. The zero-order chi connectivity index (χ0) is 14.4. The first kappa shape index (κ1) is 12.7. The number of nitrogens with zero attached hydrogens (tertiary/aromatic N) is 2. The van der Waals surface area contributed by atoms with Gasteiger partial charge in [-0.1, -0.05) is 30.3 Å². The van der Waals surface area contributed by atoms with Crippen LogP contribution in [0.5, 0.6) is 0 Å². The summed E-state index contributed by atoms with van der Waals surface area (Å²) in [6, 6.07) is 16.9. The minimum Gasteiger partial charge on any atom is -0.355 e. The molecule has 2 heterocycles. The summed E-state index contributed by atoms with van der Waals surface area (Å²) in [5, 5.41) is 4.72. The number of anilines is 2. The van der Waals surface area contributed by atoms with Crippen molar-refractivity contribution in [2.24, 2.45) is 7.05 Å². The second kappa shape index (κ2) is 4.74. The minimum absolute atomic E-state index is 0.0152. The predicted octanol–water partition coefficient (Wildman–Crippen LogP) is 3.82. The first-order valence-electron chi connectivity index (χ1n) is 7.07. The fourth-order valence-corrected chi connectivity index (χ4v) is 3.45. The van der Waals surface area contributed by atoms with Gasteiger partial charge in [0.05, 0.1) is 11.4 Å². The second-order valence-corrected chi connectivity index (χ2v) is 5.93. The maximum absolute atomic E-state index is 4.67. The lowest BCUT2D eigenvalue weighted by atomic mass is 10.1. The number of fused-ring (bicyclic) bond motifs is 2. The van der Waals surface area contributed by atoms with Crippen molar-refractivity contribution in [1.82, 2.24) is 4.57 Å². The van der Waals surface area contributed by atoms with Gasteiger partial charge in [0, 0.05) is 30.7 Å². The summed E-state index contributed by atoms with van der Waals surface area (Å²) in [5.74, 6) is 0. The lowest BCUT2D eigenvalue weighted by Crippen LogP contribution is -2.30. The molecule has 1 atom stereocenters. The van der Waals surface area contributed by atoms with Crippen molar-refractivity contribution in [1.29, 1.82) is 0 Å². The minimum atomic E-state index is 0.0152. The topological polar surface area (TPSA) is 20.2 Å². The van der Waals surface area contributed by atoms with E-state index in [0.29, 0.717) is 0 Å². The highest BCUT2D eigenvalue weighted by Crippen LogP contribution is 2.37. The van der Waals surface area contributed by atoms with Gasteiger partial charge in [0.2, 0.25) is 0 Å². The summed E-state index contributed by atoms with van der Waals surface area (Å²) >= 11 is 4.67. The smallest absolute Gasteiger partial charge is 0.145 e. The Labute approximate surface area is 129 Å². The third-order valence-corrected chi connectivity index (χ3v) is 4.52. The molecule has 3 nitrogen and oxygen atoms in total. The molecule has 0 fully saturated rings. The van der Waals surface area contributed by atoms with Crippen LogP contribution in [-0.2, 0) is 13.6 Å². The van der Waals surface area contributed by atoms with E-state index in [-0.39, 0.29) is 5.50 Å². The largest absolute Gasteiger partial charge is 0.355 e. The van der Waals surface area contributed by atoms with E-state index in [2.05, 4.69) is 83.1 Å². The summed E-state index contributed by atoms with van der Waals surface area (Å²) in [5.41, 5.74) is 4.97. The van der Waals surface area contributed by atoms with Crippen LogP contribution >= 0.6 is 12.6 Å². The number of para-hydroxylation sites is 3. The molecular weight excluding hydrogens is 278 g/mol. The normalized spacial score (nSPS) is 17.0. The molecule has 2 aromatic carbocycles. The summed E-state index contributed by atoms with van der Waals surface area (Å²) in [7, 11) is 2.10. The number of aromatic nitrogens is 1. The Kier molecular flexibility index (Phi) is 2.86. The van der Waals surface area contributed by atoms with Crippen LogP contribution in [0.25, 0.3) is 10.9 Å². The molecule has 0 aliphatic carbocycles. The van der Waals surface area contributed by atoms with E-state index >= 15 is 0 Å². The van der Waals surface area contributed by atoms with E-state index in [1.165, 1.54) is 22.2 Å². The number of hydrogen-bond donors (Lipinski definition) is 2. The molecule has 21 heavy (non-hydrogen) atoms. The number of nitrogens with one attached hydrogen (secondary N) is 1. The zero-order valence-electron chi connectivity index (χ0n) is 11.8. The van der Waals surface area contributed by atoms with Gasteiger partial charge in [-0.3, -0.25) is 0 Å². The molecular formula is C17H17N3S. The molecule has 1 unspecified atom stereocenters. The molecule has 0 bridgehead atoms. The van der Waals surface area contributed by atoms with Crippen LogP contribution in [0.1, 0.15) is 5.56 Å². The van der Waals surface area contributed by atoms with E-state index in [1.807, 2.05) is 6.07 Å². The number of hydrogen-bond acceptors (Lipinski definition) is 3. The van der Waals surface area contributed by atoms with Gasteiger partial charge in [-0.05, 0) is 23.8 Å². The Morgan fingerprint density at radius 1 is 1.10 bits per heavy atom. The third-order valence-electron chi connectivity index (χ3n) is 4.11. The molecule has 4 rings (SSSR count). The van der Waals surface area contributed by atoms with Gasteiger partial charge in [-0.2, -0.15) is 0 Å². The molecule has 106 valence electrons. The van der Waals surface area contributed by atoms with E-state index in [0.717, 1.165) is 12.2 Å². The average Bonchev–Trinajstić information content (AvgIpc) is 2.99. The molecule has 1 N–H and O–H groups in total. The molecule has 4 heteroatoms. The Balaban J connectivity index is 1.75. The highest BCUT2D eigenvalue weighted by molar-refractivity contribution is 7.81. The number of benzene rings is 2. The van der Waals surface area contributed by atoms with E-state index in [1.54, 1.807) is 0 Å². The highest BCUT2D eigenvalue weighted by Gasteiger charge is 2.26. The maximum Gasteiger partial charge on any atom is 0.145 e. The maximum atomic E-state index is 4.67. The lowest BCUT2D eigenvalue weighted by molar-refractivity contribution is 0.835. The van der Waals surface area contributed by atoms with E-state index < -0.39 is 0 Å². The first-order chi connectivity index (χ1) is 10.2. The van der Waals surface area contributed by atoms with Gasteiger partial charge in [0.15, 0.2) is 0 Å². The van der Waals surface area contributed by atoms with Crippen LogP contribution in [0.3, 0.4) is 0 Å². The molecule has 0 saturated heterocycles. The van der Waals surface area contributed by atoms with Crippen LogP contribution in [0.15, 0.2) is 54.7 Å². The monoisotopic (exact) mass is 295 g/mol. The Morgan fingerprint density at radius 3 is 2.76 bits per heavy atom. The summed E-state index contributed by atoms with van der Waals surface area (Å²) in [4.78, 5) is 2.29. The summed E-state index contributed by atoms with van der Waals surface area (Å²) in [6.07, 6.45) is 2.21. The van der Waals surface area contributed by atoms with E-state index in [9.17, 15) is 0 Å². The van der Waals surface area contributed by atoms with Crippen molar-refractivity contribution in [2.75, 3.05) is 10.2 Å². The van der Waals surface area contributed by atoms with Gasteiger partial charge >= 0.3 is 0 Å². The van der Waals surface area contributed by atoms with Gasteiger partial charge in [-0.15, -0.1) is 12.6 Å².